The number of ether oxygens (including phenoxy) is 1. The minimum absolute atomic E-state index is 0.387. The molecule has 1 unspecified atom stereocenters. The minimum atomic E-state index is 0.387. The van der Waals surface area contributed by atoms with Crippen molar-refractivity contribution in [2.24, 2.45) is 11.8 Å². The molecule has 0 bridgehead atoms. The fraction of sp³-hybridized carbons (Fsp3) is 1.00. The normalized spacial score (nSPS) is 21.4. The largest absolute Gasteiger partial charge is 0.381 e. The summed E-state index contributed by atoms with van der Waals surface area (Å²) in [5, 5.41) is 0.387. The molecule has 1 heterocycles. The van der Waals surface area contributed by atoms with E-state index in [2.05, 4.69) is 13.8 Å². The molecular weight excluding hydrogens is 196 g/mol. The van der Waals surface area contributed by atoms with Gasteiger partial charge in [0.05, 0.1) is 0 Å². The van der Waals surface area contributed by atoms with Gasteiger partial charge in [0, 0.05) is 18.6 Å². The number of rotatable bonds is 5. The van der Waals surface area contributed by atoms with Crippen LogP contribution in [0, 0.1) is 11.8 Å². The fourth-order valence-electron chi connectivity index (χ4n) is 2.08. The fourth-order valence-corrected chi connectivity index (χ4v) is 2.56. The van der Waals surface area contributed by atoms with E-state index in [1.807, 2.05) is 0 Å². The smallest absolute Gasteiger partial charge is 0.0468 e. The Hall–Kier alpha value is 0.250. The average molecular weight is 219 g/mol. The number of hydrogen-bond acceptors (Lipinski definition) is 1. The SMILES string of the molecule is CC(C)CC(Cl)CCC1CCOCC1. The van der Waals surface area contributed by atoms with Crippen molar-refractivity contribution < 1.29 is 4.74 Å². The molecule has 0 spiro atoms. The minimum Gasteiger partial charge on any atom is -0.381 e. The number of alkyl halides is 1. The first-order valence-corrected chi connectivity index (χ1v) is 6.34. The molecule has 1 aliphatic heterocycles. The zero-order chi connectivity index (χ0) is 10.4. The summed E-state index contributed by atoms with van der Waals surface area (Å²) in [5.74, 6) is 1.60. The predicted octanol–water partition coefficient (Wildman–Crippen LogP) is 3.85. The summed E-state index contributed by atoms with van der Waals surface area (Å²) in [6.07, 6.45) is 6.12. The van der Waals surface area contributed by atoms with Crippen molar-refractivity contribution in [2.75, 3.05) is 13.2 Å². The standard InChI is InChI=1S/C12H23ClO/c1-10(2)9-12(13)4-3-11-5-7-14-8-6-11/h10-12H,3-9H2,1-2H3. The van der Waals surface area contributed by atoms with Gasteiger partial charge in [-0.1, -0.05) is 13.8 Å². The van der Waals surface area contributed by atoms with Gasteiger partial charge in [-0.25, -0.2) is 0 Å². The molecule has 0 radical (unpaired) electrons. The van der Waals surface area contributed by atoms with Crippen molar-refractivity contribution in [3.63, 3.8) is 0 Å². The van der Waals surface area contributed by atoms with Crippen LogP contribution in [0.1, 0.15) is 46.0 Å². The molecule has 1 saturated heterocycles. The van der Waals surface area contributed by atoms with Crippen molar-refractivity contribution >= 4 is 11.6 Å². The summed E-state index contributed by atoms with van der Waals surface area (Å²) >= 11 is 6.26. The Bertz CT molecular complexity index is 141. The van der Waals surface area contributed by atoms with Crippen molar-refractivity contribution in [3.8, 4) is 0 Å². The van der Waals surface area contributed by atoms with Gasteiger partial charge < -0.3 is 4.74 Å². The summed E-state index contributed by atoms with van der Waals surface area (Å²) in [4.78, 5) is 0. The Labute approximate surface area is 93.2 Å². The molecule has 0 aliphatic carbocycles. The van der Waals surface area contributed by atoms with E-state index in [-0.39, 0.29) is 0 Å². The van der Waals surface area contributed by atoms with Crippen LogP contribution in [0.15, 0.2) is 0 Å². The molecule has 0 aromatic carbocycles. The molecule has 2 heteroatoms. The zero-order valence-electron chi connectivity index (χ0n) is 9.47. The second-order valence-electron chi connectivity index (χ2n) is 4.86. The van der Waals surface area contributed by atoms with Crippen molar-refractivity contribution in [2.45, 2.75) is 51.3 Å². The van der Waals surface area contributed by atoms with Crippen LogP contribution in [0.3, 0.4) is 0 Å². The monoisotopic (exact) mass is 218 g/mol. The maximum Gasteiger partial charge on any atom is 0.0468 e. The van der Waals surface area contributed by atoms with Crippen LogP contribution in [-0.2, 0) is 4.74 Å². The molecule has 1 fully saturated rings. The summed E-state index contributed by atoms with van der Waals surface area (Å²) in [6, 6.07) is 0. The molecule has 14 heavy (non-hydrogen) atoms. The third kappa shape index (κ3) is 5.21. The summed E-state index contributed by atoms with van der Waals surface area (Å²) < 4.78 is 5.34. The topological polar surface area (TPSA) is 9.23 Å². The van der Waals surface area contributed by atoms with Crippen LogP contribution < -0.4 is 0 Å². The van der Waals surface area contributed by atoms with Crippen molar-refractivity contribution in [3.05, 3.63) is 0 Å². The highest BCUT2D eigenvalue weighted by Gasteiger charge is 2.15. The van der Waals surface area contributed by atoms with E-state index in [0.29, 0.717) is 5.38 Å². The van der Waals surface area contributed by atoms with Gasteiger partial charge in [0.25, 0.3) is 0 Å². The van der Waals surface area contributed by atoms with Gasteiger partial charge in [-0.15, -0.1) is 11.6 Å². The highest BCUT2D eigenvalue weighted by molar-refractivity contribution is 6.20. The van der Waals surface area contributed by atoms with Crippen molar-refractivity contribution in [1.29, 1.82) is 0 Å². The molecule has 0 aromatic heterocycles. The molecule has 0 aromatic rings. The Balaban J connectivity index is 2.06. The molecule has 1 nitrogen and oxygen atoms in total. The van der Waals surface area contributed by atoms with E-state index in [9.17, 15) is 0 Å². The molecule has 0 N–H and O–H groups in total. The predicted molar refractivity (Wildman–Crippen MR) is 61.9 cm³/mol. The van der Waals surface area contributed by atoms with Crippen LogP contribution in [0.2, 0.25) is 0 Å². The molecule has 84 valence electrons. The molecular formula is C12H23ClO. The average Bonchev–Trinajstić information content (AvgIpc) is 2.15. The van der Waals surface area contributed by atoms with E-state index in [4.69, 9.17) is 16.3 Å². The maximum absolute atomic E-state index is 6.26. The van der Waals surface area contributed by atoms with E-state index in [1.165, 1.54) is 25.7 Å². The summed E-state index contributed by atoms with van der Waals surface area (Å²) in [7, 11) is 0. The first-order valence-electron chi connectivity index (χ1n) is 5.90. The summed E-state index contributed by atoms with van der Waals surface area (Å²) in [5.41, 5.74) is 0. The maximum atomic E-state index is 6.26. The third-order valence-corrected chi connectivity index (χ3v) is 3.35. The molecule has 1 rings (SSSR count). The second-order valence-corrected chi connectivity index (χ2v) is 5.48. The third-order valence-electron chi connectivity index (χ3n) is 2.96. The van der Waals surface area contributed by atoms with Gasteiger partial charge in [0.2, 0.25) is 0 Å². The van der Waals surface area contributed by atoms with Crippen LogP contribution >= 0.6 is 11.6 Å². The van der Waals surface area contributed by atoms with Crippen LogP contribution in [0.5, 0.6) is 0 Å². The van der Waals surface area contributed by atoms with E-state index < -0.39 is 0 Å². The van der Waals surface area contributed by atoms with E-state index >= 15 is 0 Å². The highest BCUT2D eigenvalue weighted by Crippen LogP contribution is 2.24. The number of hydrogen-bond donors (Lipinski definition) is 0. The molecule has 0 saturated carbocycles. The van der Waals surface area contributed by atoms with Gasteiger partial charge in [0.15, 0.2) is 0 Å². The highest BCUT2D eigenvalue weighted by atomic mass is 35.5. The van der Waals surface area contributed by atoms with E-state index in [0.717, 1.165) is 31.5 Å². The number of halogens is 1. The lowest BCUT2D eigenvalue weighted by atomic mass is 9.92. The van der Waals surface area contributed by atoms with Crippen molar-refractivity contribution in [1.82, 2.24) is 0 Å². The lowest BCUT2D eigenvalue weighted by Crippen LogP contribution is -2.17. The molecule has 1 atom stereocenters. The van der Waals surface area contributed by atoms with Gasteiger partial charge in [-0.05, 0) is 43.9 Å². The lowest BCUT2D eigenvalue weighted by Gasteiger charge is -2.23. The van der Waals surface area contributed by atoms with Gasteiger partial charge in [-0.2, -0.15) is 0 Å². The molecule has 1 aliphatic rings. The second kappa shape index (κ2) is 6.68. The summed E-state index contributed by atoms with van der Waals surface area (Å²) in [6.45, 7) is 6.40. The van der Waals surface area contributed by atoms with Gasteiger partial charge >= 0.3 is 0 Å². The van der Waals surface area contributed by atoms with Crippen LogP contribution in [0.4, 0.5) is 0 Å². The first kappa shape index (κ1) is 12.3. The Morgan fingerprint density at radius 3 is 2.50 bits per heavy atom. The Morgan fingerprint density at radius 2 is 1.93 bits per heavy atom. The van der Waals surface area contributed by atoms with E-state index in [1.54, 1.807) is 0 Å². The Morgan fingerprint density at radius 1 is 1.29 bits per heavy atom. The van der Waals surface area contributed by atoms with Gasteiger partial charge in [-0.3, -0.25) is 0 Å². The lowest BCUT2D eigenvalue weighted by molar-refractivity contribution is 0.0631. The van der Waals surface area contributed by atoms with Crippen LogP contribution in [0.25, 0.3) is 0 Å². The molecule has 0 amide bonds. The quantitative estimate of drug-likeness (QED) is 0.637. The first-order chi connectivity index (χ1) is 6.68. The Kier molecular flexibility index (Phi) is 5.88. The van der Waals surface area contributed by atoms with Gasteiger partial charge in [0.1, 0.15) is 0 Å². The zero-order valence-corrected chi connectivity index (χ0v) is 10.2. The van der Waals surface area contributed by atoms with Crippen LogP contribution in [-0.4, -0.2) is 18.6 Å².